The second-order valence-electron chi connectivity index (χ2n) is 8.20. The van der Waals surface area contributed by atoms with Crippen molar-refractivity contribution in [3.8, 4) is 11.5 Å². The topological polar surface area (TPSA) is 47.5 Å². The van der Waals surface area contributed by atoms with E-state index in [9.17, 15) is 0 Å². The fraction of sp³-hybridized carbons (Fsp3) is 0.385. The molecule has 2 aromatic heterocycles. The van der Waals surface area contributed by atoms with Gasteiger partial charge in [-0.05, 0) is 62.4 Å². The number of ether oxygens (including phenoxy) is 2. The molecule has 3 aromatic rings. The minimum Gasteiger partial charge on any atom is -0.493 e. The van der Waals surface area contributed by atoms with Gasteiger partial charge in [0.25, 0.3) is 0 Å². The lowest BCUT2D eigenvalue weighted by atomic mass is 9.88. The first-order chi connectivity index (χ1) is 15.1. The second-order valence-corrected chi connectivity index (χ2v) is 8.20. The van der Waals surface area contributed by atoms with Crippen LogP contribution in [-0.4, -0.2) is 29.1 Å². The normalized spacial score (nSPS) is 19.2. The molecule has 3 heterocycles. The van der Waals surface area contributed by atoms with Crippen LogP contribution in [0, 0.1) is 13.8 Å². The number of aromatic nitrogens is 2. The maximum atomic E-state index is 5.76. The van der Waals surface area contributed by atoms with Crippen LogP contribution in [0.25, 0.3) is 0 Å². The number of methoxy groups -OCH3 is 2. The van der Waals surface area contributed by atoms with Gasteiger partial charge in [-0.2, -0.15) is 0 Å². The summed E-state index contributed by atoms with van der Waals surface area (Å²) in [5.41, 5.74) is 5.88. The average Bonchev–Trinajstić information content (AvgIpc) is 2.80. The van der Waals surface area contributed by atoms with Gasteiger partial charge in [-0.1, -0.05) is 24.3 Å². The van der Waals surface area contributed by atoms with Gasteiger partial charge in [-0.15, -0.1) is 0 Å². The monoisotopic (exact) mass is 417 g/mol. The molecular formula is C26H31N3O2. The van der Waals surface area contributed by atoms with Gasteiger partial charge in [0.2, 0.25) is 0 Å². The van der Waals surface area contributed by atoms with Crippen molar-refractivity contribution in [3.63, 3.8) is 0 Å². The molecule has 0 unspecified atom stereocenters. The number of hydrogen-bond acceptors (Lipinski definition) is 5. The maximum absolute atomic E-state index is 5.76. The summed E-state index contributed by atoms with van der Waals surface area (Å²) in [5.74, 6) is 1.55. The molecule has 1 aromatic carbocycles. The van der Waals surface area contributed by atoms with Crippen molar-refractivity contribution in [3.05, 3.63) is 82.9 Å². The number of benzene rings is 1. The van der Waals surface area contributed by atoms with Crippen LogP contribution in [0.2, 0.25) is 0 Å². The molecule has 31 heavy (non-hydrogen) atoms. The van der Waals surface area contributed by atoms with E-state index in [-0.39, 0.29) is 12.1 Å². The Hall–Kier alpha value is -2.92. The van der Waals surface area contributed by atoms with Crippen LogP contribution < -0.4 is 9.47 Å². The third-order valence-corrected chi connectivity index (χ3v) is 6.32. The van der Waals surface area contributed by atoms with Crippen LogP contribution >= 0.6 is 0 Å². The summed E-state index contributed by atoms with van der Waals surface area (Å²) >= 11 is 0. The van der Waals surface area contributed by atoms with Crippen LogP contribution in [0.3, 0.4) is 0 Å². The lowest BCUT2D eigenvalue weighted by molar-refractivity contribution is 0.0669. The molecule has 1 aliphatic rings. The zero-order valence-electron chi connectivity index (χ0n) is 18.8. The molecular weight excluding hydrogens is 386 g/mol. The lowest BCUT2D eigenvalue weighted by Gasteiger charge is -2.42. The summed E-state index contributed by atoms with van der Waals surface area (Å²) in [5, 5.41) is 0. The third-order valence-electron chi connectivity index (χ3n) is 6.32. The quantitative estimate of drug-likeness (QED) is 0.524. The van der Waals surface area contributed by atoms with Crippen molar-refractivity contribution in [2.45, 2.75) is 51.7 Å². The number of piperidine rings is 1. The van der Waals surface area contributed by atoms with E-state index < -0.39 is 0 Å². The van der Waals surface area contributed by atoms with Gasteiger partial charge in [-0.25, -0.2) is 0 Å². The fourth-order valence-corrected chi connectivity index (χ4v) is 4.83. The smallest absolute Gasteiger partial charge is 0.165 e. The highest BCUT2D eigenvalue weighted by Gasteiger charge is 2.36. The first-order valence-corrected chi connectivity index (χ1v) is 10.9. The van der Waals surface area contributed by atoms with Crippen LogP contribution in [-0.2, 0) is 6.54 Å². The highest BCUT2D eigenvalue weighted by Crippen LogP contribution is 2.44. The van der Waals surface area contributed by atoms with Crippen molar-refractivity contribution in [2.24, 2.45) is 0 Å². The number of nitrogens with zero attached hydrogens (tertiary/aromatic N) is 3. The van der Waals surface area contributed by atoms with Crippen molar-refractivity contribution in [1.29, 1.82) is 0 Å². The summed E-state index contributed by atoms with van der Waals surface area (Å²) in [6.45, 7) is 5.05. The molecule has 162 valence electrons. The molecule has 0 N–H and O–H groups in total. The first kappa shape index (κ1) is 21.3. The summed E-state index contributed by atoms with van der Waals surface area (Å²) in [6, 6.07) is 14.9. The Morgan fingerprint density at radius 2 is 1.45 bits per heavy atom. The Morgan fingerprint density at radius 3 is 1.97 bits per heavy atom. The molecule has 0 aliphatic carbocycles. The predicted octanol–water partition coefficient (Wildman–Crippen LogP) is 5.58. The van der Waals surface area contributed by atoms with Crippen LogP contribution in [0.1, 0.15) is 59.4 Å². The molecule has 1 aliphatic heterocycles. The standard InChI is InChI=1S/C26H31N3O2/c1-18-9-7-15-27-24(18)21-12-6-13-22(25-19(2)10-8-16-28-25)29(21)17-20-11-5-14-23(30-3)26(20)31-4/h5,7-11,14-16,21-22H,6,12-13,17H2,1-4H3/t21-,22+. The lowest BCUT2D eigenvalue weighted by Crippen LogP contribution is -2.37. The average molecular weight is 418 g/mol. The van der Waals surface area contributed by atoms with Gasteiger partial charge in [0.05, 0.1) is 37.7 Å². The number of rotatable bonds is 6. The number of hydrogen-bond donors (Lipinski definition) is 0. The van der Waals surface area contributed by atoms with E-state index in [4.69, 9.17) is 19.4 Å². The molecule has 1 fully saturated rings. The van der Waals surface area contributed by atoms with Crippen molar-refractivity contribution in [1.82, 2.24) is 14.9 Å². The van der Waals surface area contributed by atoms with E-state index >= 15 is 0 Å². The summed E-state index contributed by atoms with van der Waals surface area (Å²) in [4.78, 5) is 12.2. The highest BCUT2D eigenvalue weighted by atomic mass is 16.5. The minimum absolute atomic E-state index is 0.220. The Bertz CT molecular complexity index is 983. The molecule has 0 spiro atoms. The van der Waals surface area contributed by atoms with Gasteiger partial charge in [-0.3, -0.25) is 14.9 Å². The van der Waals surface area contributed by atoms with Gasteiger partial charge in [0.15, 0.2) is 11.5 Å². The fourth-order valence-electron chi connectivity index (χ4n) is 4.83. The zero-order chi connectivity index (χ0) is 21.8. The van der Waals surface area contributed by atoms with E-state index in [2.05, 4.69) is 36.9 Å². The summed E-state index contributed by atoms with van der Waals surface area (Å²) in [7, 11) is 3.39. The SMILES string of the molecule is COc1cccc(CN2[C@@H](c3ncccc3C)CCC[C@H]2c2ncccc2C)c1OC. The number of aryl methyl sites for hydroxylation is 2. The van der Waals surface area contributed by atoms with Crippen LogP contribution in [0.15, 0.2) is 54.9 Å². The zero-order valence-corrected chi connectivity index (χ0v) is 18.8. The molecule has 5 nitrogen and oxygen atoms in total. The van der Waals surface area contributed by atoms with Gasteiger partial charge in [0.1, 0.15) is 0 Å². The molecule has 5 heteroatoms. The van der Waals surface area contributed by atoms with Crippen LogP contribution in [0.5, 0.6) is 11.5 Å². The van der Waals surface area contributed by atoms with Crippen molar-refractivity contribution < 1.29 is 9.47 Å². The molecule has 0 amide bonds. The number of pyridine rings is 2. The summed E-state index contributed by atoms with van der Waals surface area (Å²) in [6.07, 6.45) is 7.11. The Morgan fingerprint density at radius 1 is 0.839 bits per heavy atom. The van der Waals surface area contributed by atoms with Crippen molar-refractivity contribution >= 4 is 0 Å². The predicted molar refractivity (Wildman–Crippen MR) is 122 cm³/mol. The molecule has 1 saturated heterocycles. The highest BCUT2D eigenvalue weighted by molar-refractivity contribution is 5.46. The minimum atomic E-state index is 0.220. The van der Waals surface area contributed by atoms with E-state index in [1.165, 1.54) is 11.1 Å². The van der Waals surface area contributed by atoms with Gasteiger partial charge < -0.3 is 9.47 Å². The van der Waals surface area contributed by atoms with E-state index in [0.29, 0.717) is 0 Å². The Balaban J connectivity index is 1.80. The Labute approximate surface area is 185 Å². The second kappa shape index (κ2) is 9.48. The third kappa shape index (κ3) is 4.28. The number of likely N-dealkylation sites (tertiary alicyclic amines) is 1. The largest absolute Gasteiger partial charge is 0.493 e. The van der Waals surface area contributed by atoms with E-state index in [0.717, 1.165) is 54.3 Å². The molecule has 0 saturated carbocycles. The molecule has 0 radical (unpaired) electrons. The molecule has 2 atom stereocenters. The van der Waals surface area contributed by atoms with E-state index in [1.54, 1.807) is 14.2 Å². The van der Waals surface area contributed by atoms with Crippen molar-refractivity contribution in [2.75, 3.05) is 14.2 Å². The summed E-state index contributed by atoms with van der Waals surface area (Å²) < 4.78 is 11.3. The maximum Gasteiger partial charge on any atom is 0.165 e. The first-order valence-electron chi connectivity index (χ1n) is 10.9. The number of para-hydroxylation sites is 1. The molecule has 0 bridgehead atoms. The van der Waals surface area contributed by atoms with E-state index in [1.807, 2.05) is 36.7 Å². The van der Waals surface area contributed by atoms with Gasteiger partial charge in [0, 0.05) is 24.5 Å². The van der Waals surface area contributed by atoms with Crippen LogP contribution in [0.4, 0.5) is 0 Å². The molecule has 4 rings (SSSR count). The Kier molecular flexibility index (Phi) is 6.52. The van der Waals surface area contributed by atoms with Gasteiger partial charge >= 0.3 is 0 Å².